The summed E-state index contributed by atoms with van der Waals surface area (Å²) >= 11 is 9.20. The minimum absolute atomic E-state index is 0.0722. The van der Waals surface area contributed by atoms with Gasteiger partial charge in [-0.2, -0.15) is 0 Å². The topological polar surface area (TPSA) is 72.2 Å². The average molecular weight is 328 g/mol. The molecule has 0 bridgehead atoms. The highest BCUT2D eigenvalue weighted by molar-refractivity contribution is 9.10. The van der Waals surface area contributed by atoms with Crippen molar-refractivity contribution in [3.63, 3.8) is 0 Å². The van der Waals surface area contributed by atoms with Crippen LogP contribution >= 0.6 is 27.5 Å². The molecule has 0 atom stereocenters. The van der Waals surface area contributed by atoms with Gasteiger partial charge < -0.3 is 5.32 Å². The molecule has 0 saturated heterocycles. The SMILES string of the molecule is NS(=O)(=O)CCNCc1ccc(Br)c(Cl)c1. The maximum atomic E-state index is 10.7. The summed E-state index contributed by atoms with van der Waals surface area (Å²) < 4.78 is 22.1. The number of hydrogen-bond acceptors (Lipinski definition) is 3. The molecule has 1 rings (SSSR count). The number of rotatable bonds is 5. The number of sulfonamides is 1. The van der Waals surface area contributed by atoms with E-state index in [2.05, 4.69) is 21.2 Å². The van der Waals surface area contributed by atoms with Crippen LogP contribution in [0, 0.1) is 0 Å². The van der Waals surface area contributed by atoms with Gasteiger partial charge in [0.2, 0.25) is 10.0 Å². The standard InChI is InChI=1S/C9H12BrClN2O2S/c10-8-2-1-7(5-9(8)11)6-13-3-4-16(12,14)15/h1-2,5,13H,3-4,6H2,(H2,12,14,15). The Kier molecular flexibility index (Phi) is 5.20. The van der Waals surface area contributed by atoms with Crippen LogP contribution in [0.1, 0.15) is 5.56 Å². The van der Waals surface area contributed by atoms with Crippen molar-refractivity contribution in [2.75, 3.05) is 12.3 Å². The number of nitrogens with one attached hydrogen (secondary N) is 1. The molecule has 0 fully saturated rings. The zero-order valence-electron chi connectivity index (χ0n) is 8.41. The largest absolute Gasteiger partial charge is 0.312 e. The number of hydrogen-bond donors (Lipinski definition) is 2. The van der Waals surface area contributed by atoms with E-state index in [-0.39, 0.29) is 5.75 Å². The first-order valence-electron chi connectivity index (χ1n) is 4.53. The van der Waals surface area contributed by atoms with E-state index in [1.165, 1.54) is 0 Å². The van der Waals surface area contributed by atoms with Crippen molar-refractivity contribution >= 4 is 37.6 Å². The molecule has 0 aliphatic rings. The van der Waals surface area contributed by atoms with E-state index in [0.717, 1.165) is 10.0 Å². The molecular formula is C9H12BrClN2O2S. The van der Waals surface area contributed by atoms with Crippen LogP contribution in [0.5, 0.6) is 0 Å². The lowest BCUT2D eigenvalue weighted by atomic mass is 10.2. The molecule has 1 aromatic rings. The van der Waals surface area contributed by atoms with Crippen LogP contribution in [0.15, 0.2) is 22.7 Å². The van der Waals surface area contributed by atoms with Gasteiger partial charge in [-0.15, -0.1) is 0 Å². The molecule has 4 nitrogen and oxygen atoms in total. The van der Waals surface area contributed by atoms with Crippen molar-refractivity contribution in [2.24, 2.45) is 5.14 Å². The molecule has 7 heteroatoms. The highest BCUT2D eigenvalue weighted by Gasteiger charge is 2.02. The minimum Gasteiger partial charge on any atom is -0.312 e. The van der Waals surface area contributed by atoms with E-state index in [1.807, 2.05) is 18.2 Å². The van der Waals surface area contributed by atoms with Gasteiger partial charge in [0.25, 0.3) is 0 Å². The van der Waals surface area contributed by atoms with Crippen LogP contribution in [0.3, 0.4) is 0 Å². The maximum absolute atomic E-state index is 10.7. The molecule has 1 aromatic carbocycles. The summed E-state index contributed by atoms with van der Waals surface area (Å²) in [6.07, 6.45) is 0. The number of benzene rings is 1. The third-order valence-electron chi connectivity index (χ3n) is 1.88. The van der Waals surface area contributed by atoms with Crippen molar-refractivity contribution in [1.82, 2.24) is 5.32 Å². The van der Waals surface area contributed by atoms with Crippen molar-refractivity contribution in [3.05, 3.63) is 33.3 Å². The Morgan fingerprint density at radius 3 is 2.69 bits per heavy atom. The van der Waals surface area contributed by atoms with Crippen LogP contribution < -0.4 is 10.5 Å². The van der Waals surface area contributed by atoms with E-state index < -0.39 is 10.0 Å². The lowest BCUT2D eigenvalue weighted by Crippen LogP contribution is -2.26. The van der Waals surface area contributed by atoms with Crippen LogP contribution in [0.2, 0.25) is 5.02 Å². The number of primary sulfonamides is 1. The Morgan fingerprint density at radius 1 is 1.44 bits per heavy atom. The molecule has 16 heavy (non-hydrogen) atoms. The fourth-order valence-electron chi connectivity index (χ4n) is 1.10. The monoisotopic (exact) mass is 326 g/mol. The summed E-state index contributed by atoms with van der Waals surface area (Å²) in [5.74, 6) is -0.0722. The maximum Gasteiger partial charge on any atom is 0.210 e. The zero-order chi connectivity index (χ0) is 12.2. The predicted molar refractivity (Wildman–Crippen MR) is 68.8 cm³/mol. The van der Waals surface area contributed by atoms with Gasteiger partial charge in [-0.3, -0.25) is 0 Å². The fraction of sp³-hybridized carbons (Fsp3) is 0.333. The van der Waals surface area contributed by atoms with Gasteiger partial charge >= 0.3 is 0 Å². The lowest BCUT2D eigenvalue weighted by molar-refractivity contribution is 0.592. The molecule has 0 aliphatic heterocycles. The molecule has 0 heterocycles. The fourth-order valence-corrected chi connectivity index (χ4v) is 1.98. The molecule has 0 amide bonds. The van der Waals surface area contributed by atoms with Crippen molar-refractivity contribution in [2.45, 2.75) is 6.54 Å². The van der Waals surface area contributed by atoms with E-state index in [4.69, 9.17) is 16.7 Å². The molecule has 0 spiro atoms. The average Bonchev–Trinajstić information content (AvgIpc) is 2.17. The normalized spacial score (nSPS) is 11.7. The molecule has 3 N–H and O–H groups in total. The van der Waals surface area contributed by atoms with Gasteiger partial charge in [0, 0.05) is 17.6 Å². The zero-order valence-corrected chi connectivity index (χ0v) is 11.6. The van der Waals surface area contributed by atoms with Gasteiger partial charge in [-0.1, -0.05) is 17.7 Å². The molecule has 0 radical (unpaired) electrons. The molecule has 0 aromatic heterocycles. The minimum atomic E-state index is -3.39. The van der Waals surface area contributed by atoms with Gasteiger partial charge in [0.05, 0.1) is 10.8 Å². The predicted octanol–water partition coefficient (Wildman–Crippen LogP) is 1.48. The third-order valence-corrected chi connectivity index (χ3v) is 3.88. The summed E-state index contributed by atoms with van der Waals surface area (Å²) in [6.45, 7) is 0.884. The van der Waals surface area contributed by atoms with Gasteiger partial charge in [0.15, 0.2) is 0 Å². The van der Waals surface area contributed by atoms with Gasteiger partial charge in [-0.05, 0) is 33.6 Å². The first-order valence-corrected chi connectivity index (χ1v) is 7.42. The Labute approximate surface area is 108 Å². The lowest BCUT2D eigenvalue weighted by Gasteiger charge is -2.05. The van der Waals surface area contributed by atoms with E-state index >= 15 is 0 Å². The molecule has 0 aliphatic carbocycles. The van der Waals surface area contributed by atoms with E-state index in [9.17, 15) is 8.42 Å². The highest BCUT2D eigenvalue weighted by atomic mass is 79.9. The second-order valence-corrected chi connectivity index (χ2v) is 6.29. The van der Waals surface area contributed by atoms with Gasteiger partial charge in [0.1, 0.15) is 0 Å². The first kappa shape index (κ1) is 13.9. The number of nitrogens with two attached hydrogens (primary N) is 1. The van der Waals surface area contributed by atoms with E-state index in [1.54, 1.807) is 0 Å². The quantitative estimate of drug-likeness (QED) is 0.805. The van der Waals surface area contributed by atoms with Crippen LogP contribution in [0.25, 0.3) is 0 Å². The first-order chi connectivity index (χ1) is 7.38. The van der Waals surface area contributed by atoms with E-state index in [0.29, 0.717) is 18.1 Å². The Morgan fingerprint density at radius 2 is 2.12 bits per heavy atom. The summed E-state index contributed by atoms with van der Waals surface area (Å²) in [6, 6.07) is 5.56. The summed E-state index contributed by atoms with van der Waals surface area (Å²) in [4.78, 5) is 0. The molecule has 90 valence electrons. The number of halogens is 2. The smallest absolute Gasteiger partial charge is 0.210 e. The second kappa shape index (κ2) is 5.97. The Balaban J connectivity index is 2.41. The third kappa shape index (κ3) is 5.27. The molecule has 0 saturated carbocycles. The van der Waals surface area contributed by atoms with Gasteiger partial charge in [-0.25, -0.2) is 13.6 Å². The van der Waals surface area contributed by atoms with Crippen LogP contribution in [-0.2, 0) is 16.6 Å². The van der Waals surface area contributed by atoms with Crippen molar-refractivity contribution in [3.8, 4) is 0 Å². The van der Waals surface area contributed by atoms with Crippen molar-refractivity contribution < 1.29 is 8.42 Å². The Bertz CT molecular complexity index is 465. The highest BCUT2D eigenvalue weighted by Crippen LogP contribution is 2.22. The van der Waals surface area contributed by atoms with Crippen LogP contribution in [0.4, 0.5) is 0 Å². The van der Waals surface area contributed by atoms with Crippen LogP contribution in [-0.4, -0.2) is 20.7 Å². The van der Waals surface area contributed by atoms with Crippen molar-refractivity contribution in [1.29, 1.82) is 0 Å². The summed E-state index contributed by atoms with van der Waals surface area (Å²) in [7, 11) is -3.39. The second-order valence-electron chi connectivity index (χ2n) is 3.29. The Hall–Kier alpha value is -0.140. The summed E-state index contributed by atoms with van der Waals surface area (Å²) in [5.41, 5.74) is 0.989. The molecule has 0 unspecified atom stereocenters. The molecular weight excluding hydrogens is 316 g/mol. The summed E-state index contributed by atoms with van der Waals surface area (Å²) in [5, 5.41) is 8.47.